The first-order valence-corrected chi connectivity index (χ1v) is 7.49. The third kappa shape index (κ3) is 4.18. The van der Waals surface area contributed by atoms with Gasteiger partial charge in [0.2, 0.25) is 0 Å². The Morgan fingerprint density at radius 1 is 1.47 bits per heavy atom. The van der Waals surface area contributed by atoms with Crippen molar-refractivity contribution in [2.75, 3.05) is 26.2 Å². The topological polar surface area (TPSA) is 55.4 Å². The Bertz CT molecular complexity index is 487. The highest BCUT2D eigenvalue weighted by Gasteiger charge is 2.16. The van der Waals surface area contributed by atoms with E-state index in [0.29, 0.717) is 10.8 Å². The van der Waals surface area contributed by atoms with Crippen molar-refractivity contribution in [3.8, 4) is 5.75 Å². The summed E-state index contributed by atoms with van der Waals surface area (Å²) in [4.78, 5) is 0. The van der Waals surface area contributed by atoms with Gasteiger partial charge in [0.15, 0.2) is 0 Å². The summed E-state index contributed by atoms with van der Waals surface area (Å²) in [6, 6.07) is 4.96. The number of hydrogen-bond donors (Lipinski definition) is 1. The first kappa shape index (κ1) is 14.3. The van der Waals surface area contributed by atoms with E-state index >= 15 is 0 Å². The predicted octanol–water partition coefficient (Wildman–Crippen LogP) is 1.65. The van der Waals surface area contributed by atoms with Crippen LogP contribution in [-0.4, -0.2) is 34.6 Å². The summed E-state index contributed by atoms with van der Waals surface area (Å²) in [7, 11) is 0.193. The van der Waals surface area contributed by atoms with E-state index in [4.69, 9.17) is 16.3 Å². The highest BCUT2D eigenvalue weighted by atomic mass is 35.5. The number of halogens is 1. The number of benzene rings is 1. The van der Waals surface area contributed by atoms with Gasteiger partial charge < -0.3 is 10.1 Å². The van der Waals surface area contributed by atoms with E-state index in [2.05, 4.69) is 5.32 Å². The summed E-state index contributed by atoms with van der Waals surface area (Å²) in [6.07, 6.45) is 1.21. The van der Waals surface area contributed by atoms with Gasteiger partial charge in [0, 0.05) is 12.3 Å². The summed E-state index contributed by atoms with van der Waals surface area (Å²) in [5.74, 6) is 0.576. The van der Waals surface area contributed by atoms with Crippen molar-refractivity contribution in [1.82, 2.24) is 5.32 Å². The predicted molar refractivity (Wildman–Crippen MR) is 69.5 cm³/mol. The monoisotopic (exact) mass is 277 g/mol. The van der Waals surface area contributed by atoms with Gasteiger partial charge in [-0.1, -0.05) is 17.7 Å². The molecule has 0 amide bonds. The maximum Gasteiger partial charge on any atom is 0.149 e. The van der Waals surface area contributed by atoms with E-state index in [9.17, 15) is 8.42 Å². The zero-order chi connectivity index (χ0) is 13.1. The van der Waals surface area contributed by atoms with Crippen molar-refractivity contribution in [2.45, 2.75) is 6.04 Å². The third-order valence-electron chi connectivity index (χ3n) is 2.40. The van der Waals surface area contributed by atoms with E-state index in [1.165, 1.54) is 13.4 Å². The Kier molecular flexibility index (Phi) is 4.80. The number of sulfone groups is 1. The molecule has 1 unspecified atom stereocenters. The molecule has 96 valence electrons. The molecule has 1 rings (SSSR count). The lowest BCUT2D eigenvalue weighted by Crippen LogP contribution is -2.24. The van der Waals surface area contributed by atoms with Crippen LogP contribution in [-0.2, 0) is 9.84 Å². The van der Waals surface area contributed by atoms with Gasteiger partial charge in [0.1, 0.15) is 15.6 Å². The van der Waals surface area contributed by atoms with E-state index in [0.717, 1.165) is 5.56 Å². The van der Waals surface area contributed by atoms with E-state index in [1.807, 2.05) is 0 Å². The van der Waals surface area contributed by atoms with Crippen molar-refractivity contribution < 1.29 is 13.2 Å². The van der Waals surface area contributed by atoms with Crippen molar-refractivity contribution in [3.05, 3.63) is 28.8 Å². The minimum Gasteiger partial charge on any atom is -0.495 e. The molecule has 0 radical (unpaired) electrons. The van der Waals surface area contributed by atoms with Crippen LogP contribution in [0.5, 0.6) is 5.75 Å². The second kappa shape index (κ2) is 5.71. The number of methoxy groups -OCH3 is 1. The van der Waals surface area contributed by atoms with Gasteiger partial charge in [-0.15, -0.1) is 0 Å². The molecule has 0 saturated carbocycles. The Hall–Kier alpha value is -0.780. The highest BCUT2D eigenvalue weighted by molar-refractivity contribution is 7.90. The van der Waals surface area contributed by atoms with Gasteiger partial charge in [0.05, 0.1) is 17.9 Å². The minimum atomic E-state index is -3.05. The Balaban J connectivity index is 3.04. The quantitative estimate of drug-likeness (QED) is 0.889. The number of ether oxygens (including phenoxy) is 1. The first-order chi connectivity index (χ1) is 7.87. The van der Waals surface area contributed by atoms with Crippen LogP contribution in [0.15, 0.2) is 18.2 Å². The van der Waals surface area contributed by atoms with Crippen LogP contribution in [0.3, 0.4) is 0 Å². The molecule has 0 spiro atoms. The summed E-state index contributed by atoms with van der Waals surface area (Å²) in [5, 5.41) is 3.47. The molecule has 0 bridgehead atoms. The van der Waals surface area contributed by atoms with Gasteiger partial charge in [-0.3, -0.25) is 0 Å². The fraction of sp³-hybridized carbons (Fsp3) is 0.455. The number of rotatable bonds is 5. The SMILES string of the molecule is CNC(CS(C)(=O)=O)c1ccc(Cl)c(OC)c1. The van der Waals surface area contributed by atoms with E-state index in [1.54, 1.807) is 25.2 Å². The molecule has 0 aliphatic heterocycles. The zero-order valence-electron chi connectivity index (χ0n) is 10.0. The summed E-state index contributed by atoms with van der Waals surface area (Å²) in [5.41, 5.74) is 0.833. The van der Waals surface area contributed by atoms with Gasteiger partial charge in [-0.2, -0.15) is 0 Å². The molecule has 0 fully saturated rings. The van der Waals surface area contributed by atoms with Gasteiger partial charge in [-0.05, 0) is 24.7 Å². The summed E-state index contributed by atoms with van der Waals surface area (Å²) >= 11 is 5.91. The second-order valence-corrected chi connectivity index (χ2v) is 6.42. The van der Waals surface area contributed by atoms with Gasteiger partial charge >= 0.3 is 0 Å². The lowest BCUT2D eigenvalue weighted by atomic mass is 10.1. The molecule has 0 aliphatic rings. The van der Waals surface area contributed by atoms with Crippen LogP contribution in [0, 0.1) is 0 Å². The lowest BCUT2D eigenvalue weighted by Gasteiger charge is -2.16. The fourth-order valence-electron chi connectivity index (χ4n) is 1.54. The third-order valence-corrected chi connectivity index (χ3v) is 3.65. The van der Waals surface area contributed by atoms with E-state index < -0.39 is 9.84 Å². The van der Waals surface area contributed by atoms with Crippen LogP contribution < -0.4 is 10.1 Å². The molecular weight excluding hydrogens is 262 g/mol. The fourth-order valence-corrected chi connectivity index (χ4v) is 2.70. The van der Waals surface area contributed by atoms with Crippen LogP contribution in [0.25, 0.3) is 0 Å². The molecule has 1 aromatic carbocycles. The molecule has 0 saturated heterocycles. The zero-order valence-corrected chi connectivity index (χ0v) is 11.6. The summed E-state index contributed by atoms with van der Waals surface area (Å²) in [6.45, 7) is 0. The van der Waals surface area contributed by atoms with Crippen molar-refractivity contribution in [1.29, 1.82) is 0 Å². The molecule has 1 N–H and O–H groups in total. The van der Waals surface area contributed by atoms with Crippen LogP contribution >= 0.6 is 11.6 Å². The van der Waals surface area contributed by atoms with Gasteiger partial charge in [0.25, 0.3) is 0 Å². The lowest BCUT2D eigenvalue weighted by molar-refractivity contribution is 0.414. The Labute approximate surface area is 107 Å². The molecule has 1 aromatic rings. The maximum atomic E-state index is 11.3. The molecule has 6 heteroatoms. The van der Waals surface area contributed by atoms with Crippen LogP contribution in [0.1, 0.15) is 11.6 Å². The summed E-state index contributed by atoms with van der Waals surface area (Å²) < 4.78 is 27.7. The second-order valence-electron chi connectivity index (χ2n) is 3.83. The average Bonchev–Trinajstić information content (AvgIpc) is 2.25. The molecule has 0 aromatic heterocycles. The molecule has 0 heterocycles. The molecule has 17 heavy (non-hydrogen) atoms. The molecule has 4 nitrogen and oxygen atoms in total. The van der Waals surface area contributed by atoms with Crippen LogP contribution in [0.4, 0.5) is 0 Å². The standard InChI is InChI=1S/C11H16ClNO3S/c1-13-10(7-17(3,14)15)8-4-5-9(12)11(6-8)16-2/h4-6,10,13H,7H2,1-3H3. The molecular formula is C11H16ClNO3S. The molecule has 0 aliphatic carbocycles. The highest BCUT2D eigenvalue weighted by Crippen LogP contribution is 2.28. The van der Waals surface area contributed by atoms with Crippen molar-refractivity contribution in [2.24, 2.45) is 0 Å². The molecule has 1 atom stereocenters. The smallest absolute Gasteiger partial charge is 0.149 e. The Morgan fingerprint density at radius 2 is 2.12 bits per heavy atom. The maximum absolute atomic E-state index is 11.3. The number of hydrogen-bond acceptors (Lipinski definition) is 4. The first-order valence-electron chi connectivity index (χ1n) is 5.06. The van der Waals surface area contributed by atoms with Crippen molar-refractivity contribution >= 4 is 21.4 Å². The van der Waals surface area contributed by atoms with Gasteiger partial charge in [-0.25, -0.2) is 8.42 Å². The van der Waals surface area contributed by atoms with Crippen LogP contribution in [0.2, 0.25) is 5.02 Å². The normalized spacial score (nSPS) is 13.4. The largest absolute Gasteiger partial charge is 0.495 e. The number of nitrogens with one attached hydrogen (secondary N) is 1. The minimum absolute atomic E-state index is 0.0360. The Morgan fingerprint density at radius 3 is 2.59 bits per heavy atom. The van der Waals surface area contributed by atoms with E-state index in [-0.39, 0.29) is 11.8 Å². The average molecular weight is 278 g/mol. The van der Waals surface area contributed by atoms with Crippen molar-refractivity contribution in [3.63, 3.8) is 0 Å².